The van der Waals surface area contributed by atoms with Gasteiger partial charge in [-0.05, 0) is 43.7 Å². The summed E-state index contributed by atoms with van der Waals surface area (Å²) in [5, 5.41) is 4.40. The smallest absolute Gasteiger partial charge is 0.279 e. The molecule has 2 aliphatic rings. The van der Waals surface area contributed by atoms with Crippen LogP contribution in [0.4, 0.5) is 13.2 Å². The summed E-state index contributed by atoms with van der Waals surface area (Å²) in [7, 11) is -3.07. The van der Waals surface area contributed by atoms with Crippen molar-refractivity contribution >= 4 is 10.0 Å². The first kappa shape index (κ1) is 21.1. The molecule has 0 spiro atoms. The molecule has 1 saturated carbocycles. The maximum absolute atomic E-state index is 13.3. The lowest BCUT2D eigenvalue weighted by atomic mass is 10.1. The van der Waals surface area contributed by atoms with Gasteiger partial charge < -0.3 is 0 Å². The Hall–Kier alpha value is -2.14. The summed E-state index contributed by atoms with van der Waals surface area (Å²) >= 11 is 0. The molecule has 11 heteroatoms. The summed E-state index contributed by atoms with van der Waals surface area (Å²) in [5.74, 6) is 1.10. The van der Waals surface area contributed by atoms with Gasteiger partial charge in [0.2, 0.25) is 10.0 Å². The van der Waals surface area contributed by atoms with Crippen molar-refractivity contribution in [2.45, 2.75) is 62.3 Å². The van der Waals surface area contributed by atoms with Crippen molar-refractivity contribution in [1.29, 1.82) is 0 Å². The number of fused-ring (bicyclic) bond motifs is 1. The average Bonchev–Trinajstić information content (AvgIpc) is 3.49. The van der Waals surface area contributed by atoms with Crippen LogP contribution in [-0.4, -0.2) is 40.2 Å². The highest BCUT2D eigenvalue weighted by molar-refractivity contribution is 7.89. The maximum atomic E-state index is 13.3. The van der Waals surface area contributed by atoms with E-state index in [2.05, 4.69) is 5.10 Å². The Morgan fingerprint density at radius 2 is 1.87 bits per heavy atom. The van der Waals surface area contributed by atoms with Crippen molar-refractivity contribution in [1.82, 2.24) is 18.7 Å². The van der Waals surface area contributed by atoms with E-state index in [-0.39, 0.29) is 12.2 Å². The molecule has 0 amide bonds. The zero-order chi connectivity index (χ0) is 21.7. The molecule has 1 aromatic heterocycles. The van der Waals surface area contributed by atoms with Gasteiger partial charge in [-0.25, -0.2) is 17.9 Å². The second-order valence-electron chi connectivity index (χ2n) is 7.97. The Bertz CT molecular complexity index is 1100. The second-order valence-corrected chi connectivity index (χ2v) is 9.94. The summed E-state index contributed by atoms with van der Waals surface area (Å²) in [4.78, 5) is 11.8. The molecule has 0 bridgehead atoms. The molecule has 1 fully saturated rings. The standard InChI is InChI=1S/C19H23F3N4O3S/c1-24(30(28,29)16-5-3-2-4-15(16)19(20,21)22)14-8-9-17-23-26(12-13-6-7-13)18(27)25(17)11-10-14/h2-5,13-14H,6-12H2,1H3. The van der Waals surface area contributed by atoms with Crippen molar-refractivity contribution < 1.29 is 21.6 Å². The molecular weight excluding hydrogens is 421 g/mol. The minimum absolute atomic E-state index is 0.203. The van der Waals surface area contributed by atoms with Crippen LogP contribution in [0.25, 0.3) is 0 Å². The molecule has 30 heavy (non-hydrogen) atoms. The van der Waals surface area contributed by atoms with Crippen LogP contribution in [0.5, 0.6) is 0 Å². The molecular formula is C19H23F3N4O3S. The Morgan fingerprint density at radius 1 is 1.17 bits per heavy atom. The normalized spacial score (nSPS) is 20.2. The lowest BCUT2D eigenvalue weighted by Gasteiger charge is -2.27. The number of nitrogens with zero attached hydrogens (tertiary/aromatic N) is 4. The van der Waals surface area contributed by atoms with Crippen LogP contribution in [0.1, 0.15) is 37.1 Å². The summed E-state index contributed by atoms with van der Waals surface area (Å²) in [5.41, 5.74) is -1.38. The fourth-order valence-corrected chi connectivity index (χ4v) is 5.54. The molecule has 1 aromatic carbocycles. The maximum Gasteiger partial charge on any atom is 0.417 e. The summed E-state index contributed by atoms with van der Waals surface area (Å²) < 4.78 is 70.1. The summed E-state index contributed by atoms with van der Waals surface area (Å²) in [6.07, 6.45) is -1.49. The minimum Gasteiger partial charge on any atom is -0.279 e. The molecule has 164 valence electrons. The molecule has 7 nitrogen and oxygen atoms in total. The van der Waals surface area contributed by atoms with Gasteiger partial charge in [-0.2, -0.15) is 22.6 Å². The molecule has 1 atom stereocenters. The van der Waals surface area contributed by atoms with Crippen LogP contribution in [0.15, 0.2) is 34.0 Å². The molecule has 1 aliphatic carbocycles. The van der Waals surface area contributed by atoms with E-state index >= 15 is 0 Å². The van der Waals surface area contributed by atoms with Crippen LogP contribution in [0.3, 0.4) is 0 Å². The van der Waals surface area contributed by atoms with Gasteiger partial charge in [0.15, 0.2) is 0 Å². The van der Waals surface area contributed by atoms with E-state index in [4.69, 9.17) is 0 Å². The largest absolute Gasteiger partial charge is 0.417 e. The molecule has 2 heterocycles. The highest BCUT2D eigenvalue weighted by Gasteiger charge is 2.40. The Labute approximate surface area is 172 Å². The lowest BCUT2D eigenvalue weighted by Crippen LogP contribution is -2.38. The Morgan fingerprint density at radius 3 is 2.53 bits per heavy atom. The molecule has 4 rings (SSSR count). The average molecular weight is 444 g/mol. The van der Waals surface area contributed by atoms with E-state index in [9.17, 15) is 26.4 Å². The van der Waals surface area contributed by atoms with Crippen molar-refractivity contribution in [3.8, 4) is 0 Å². The molecule has 1 unspecified atom stereocenters. The van der Waals surface area contributed by atoms with Gasteiger partial charge in [0, 0.05) is 32.6 Å². The predicted molar refractivity (Wildman–Crippen MR) is 102 cm³/mol. The fraction of sp³-hybridized carbons (Fsp3) is 0.579. The third-order valence-corrected chi connectivity index (χ3v) is 7.85. The Balaban J connectivity index is 1.56. The molecule has 2 aromatic rings. The Kier molecular flexibility index (Phi) is 5.29. The van der Waals surface area contributed by atoms with Gasteiger partial charge in [0.25, 0.3) is 0 Å². The predicted octanol–water partition coefficient (Wildman–Crippen LogP) is 2.50. The van der Waals surface area contributed by atoms with Crippen molar-refractivity contribution in [2.75, 3.05) is 7.05 Å². The van der Waals surface area contributed by atoms with Crippen LogP contribution >= 0.6 is 0 Å². The summed E-state index contributed by atoms with van der Waals surface area (Å²) in [6, 6.07) is 3.66. The first-order valence-corrected chi connectivity index (χ1v) is 11.3. The van der Waals surface area contributed by atoms with E-state index < -0.39 is 32.7 Å². The van der Waals surface area contributed by atoms with Crippen LogP contribution in [0.2, 0.25) is 0 Å². The summed E-state index contributed by atoms with van der Waals surface area (Å²) in [6.45, 7) is 0.884. The van der Waals surface area contributed by atoms with Gasteiger partial charge in [-0.3, -0.25) is 4.57 Å². The van der Waals surface area contributed by atoms with Crippen LogP contribution in [0, 0.1) is 5.92 Å². The number of aryl methyl sites for hydroxylation is 1. The number of sulfonamides is 1. The first-order chi connectivity index (χ1) is 14.1. The monoisotopic (exact) mass is 444 g/mol. The van der Waals surface area contributed by atoms with Gasteiger partial charge in [0.05, 0.1) is 10.5 Å². The molecule has 1 aliphatic heterocycles. The molecule has 0 saturated heterocycles. The number of aromatic nitrogens is 3. The van der Waals surface area contributed by atoms with E-state index in [0.29, 0.717) is 37.5 Å². The van der Waals surface area contributed by atoms with Crippen LogP contribution in [-0.2, 0) is 35.7 Å². The topological polar surface area (TPSA) is 77.2 Å². The van der Waals surface area contributed by atoms with Crippen molar-refractivity contribution in [3.63, 3.8) is 0 Å². The van der Waals surface area contributed by atoms with Crippen molar-refractivity contribution in [3.05, 3.63) is 46.1 Å². The minimum atomic E-state index is -4.77. The van der Waals surface area contributed by atoms with E-state index in [1.54, 1.807) is 4.57 Å². The van der Waals surface area contributed by atoms with Gasteiger partial charge >= 0.3 is 11.9 Å². The van der Waals surface area contributed by atoms with Crippen LogP contribution < -0.4 is 5.69 Å². The quantitative estimate of drug-likeness (QED) is 0.710. The second kappa shape index (κ2) is 7.52. The van der Waals surface area contributed by atoms with Gasteiger partial charge in [0.1, 0.15) is 5.82 Å². The molecule has 0 radical (unpaired) electrons. The third kappa shape index (κ3) is 3.92. The SMILES string of the molecule is CN(C1CCc2nn(CC3CC3)c(=O)n2CC1)S(=O)(=O)c1ccccc1C(F)(F)F. The molecule has 0 N–H and O–H groups in total. The third-order valence-electron chi connectivity index (χ3n) is 5.88. The lowest BCUT2D eigenvalue weighted by molar-refractivity contribution is -0.139. The van der Waals surface area contributed by atoms with Gasteiger partial charge in [-0.15, -0.1) is 0 Å². The number of alkyl halides is 3. The number of hydrogen-bond donors (Lipinski definition) is 0. The van der Waals surface area contributed by atoms with E-state index in [1.807, 2.05) is 0 Å². The number of halogens is 3. The zero-order valence-corrected chi connectivity index (χ0v) is 17.3. The van der Waals surface area contributed by atoms with Gasteiger partial charge in [-0.1, -0.05) is 12.1 Å². The number of benzene rings is 1. The van der Waals surface area contributed by atoms with E-state index in [0.717, 1.165) is 29.3 Å². The highest BCUT2D eigenvalue weighted by Crippen LogP contribution is 2.36. The van der Waals surface area contributed by atoms with Crippen molar-refractivity contribution in [2.24, 2.45) is 5.92 Å². The number of rotatable bonds is 5. The highest BCUT2D eigenvalue weighted by atomic mass is 32.2. The fourth-order valence-electron chi connectivity index (χ4n) is 3.92. The number of hydrogen-bond acceptors (Lipinski definition) is 4. The van der Waals surface area contributed by atoms with E-state index in [1.165, 1.54) is 23.9 Å². The first-order valence-electron chi connectivity index (χ1n) is 9.90. The zero-order valence-electron chi connectivity index (χ0n) is 16.5.